The van der Waals surface area contributed by atoms with Gasteiger partial charge in [0, 0.05) is 29.9 Å². The molecule has 0 aliphatic rings. The summed E-state index contributed by atoms with van der Waals surface area (Å²) in [5.41, 5.74) is 4.60. The van der Waals surface area contributed by atoms with Crippen molar-refractivity contribution in [3.8, 4) is 11.1 Å². The van der Waals surface area contributed by atoms with Gasteiger partial charge in [0.15, 0.2) is 6.20 Å². The highest BCUT2D eigenvalue weighted by atomic mass is 16.3. The molecule has 0 radical (unpaired) electrons. The van der Waals surface area contributed by atoms with Crippen molar-refractivity contribution in [1.29, 1.82) is 0 Å². The first-order chi connectivity index (χ1) is 19.4. The second-order valence-corrected chi connectivity index (χ2v) is 9.29. The van der Waals surface area contributed by atoms with Crippen LogP contribution in [-0.2, 0) is 7.05 Å². The number of pyridine rings is 1. The lowest BCUT2D eigenvalue weighted by molar-refractivity contribution is -0.644. The molecule has 0 aliphatic heterocycles. The topological polar surface area (TPSA) is 17.0 Å². The Hall–Kier alpha value is -4.17. The molecule has 2 aromatic heterocycles. The molecule has 0 saturated heterocycles. The third-order valence-corrected chi connectivity index (χ3v) is 7.23. The SMILES string of the molecule is [2H]C([2H])([2H])c1c[n+](C)c2c3c(C)cccc3c3ccc4c5ccc(-c6ccccc6)cc5oc4c3c2c1C([2H])([2H])[2H]. The maximum absolute atomic E-state index is 8.57. The summed E-state index contributed by atoms with van der Waals surface area (Å²) in [6.45, 7) is -3.33. The van der Waals surface area contributed by atoms with Crippen molar-refractivity contribution in [1.82, 2.24) is 0 Å². The second-order valence-electron chi connectivity index (χ2n) is 9.29. The molecule has 0 atom stereocenters. The molecule has 2 heteroatoms. The summed E-state index contributed by atoms with van der Waals surface area (Å²) in [5.74, 6) is 0. The number of benzene rings is 5. The zero-order chi connectivity index (χ0) is 28.8. The molecule has 2 nitrogen and oxygen atoms in total. The molecular weight excluding hydrogens is 426 g/mol. The molecule has 0 saturated carbocycles. The number of hydrogen-bond acceptors (Lipinski definition) is 1. The number of aryl methyl sites for hydroxylation is 4. The van der Waals surface area contributed by atoms with E-state index in [4.69, 9.17) is 12.6 Å². The van der Waals surface area contributed by atoms with E-state index < -0.39 is 13.7 Å². The number of fused-ring (bicyclic) bond motifs is 10. The number of rotatable bonds is 1. The molecule has 0 bridgehead atoms. The van der Waals surface area contributed by atoms with Crippen molar-refractivity contribution in [2.75, 3.05) is 0 Å². The van der Waals surface area contributed by atoms with E-state index in [1.165, 1.54) is 6.20 Å². The van der Waals surface area contributed by atoms with Crippen LogP contribution in [0.2, 0.25) is 0 Å². The fourth-order valence-corrected chi connectivity index (χ4v) is 5.63. The van der Waals surface area contributed by atoms with Crippen LogP contribution in [-0.4, -0.2) is 0 Å². The van der Waals surface area contributed by atoms with Gasteiger partial charge in [0.25, 0.3) is 0 Å². The van der Waals surface area contributed by atoms with E-state index in [0.29, 0.717) is 27.5 Å². The normalized spacial score (nSPS) is 15.3. The van der Waals surface area contributed by atoms with Crippen LogP contribution < -0.4 is 4.57 Å². The second kappa shape index (κ2) is 7.16. The molecule has 5 aromatic carbocycles. The quantitative estimate of drug-likeness (QED) is 0.178. The lowest BCUT2D eigenvalue weighted by Gasteiger charge is -2.13. The van der Waals surface area contributed by atoms with Gasteiger partial charge in [-0.15, -0.1) is 0 Å². The highest BCUT2D eigenvalue weighted by Gasteiger charge is 2.23. The molecule has 7 aromatic rings. The summed E-state index contributed by atoms with van der Waals surface area (Å²) in [6.07, 6.45) is 1.46. The first kappa shape index (κ1) is 15.0. The van der Waals surface area contributed by atoms with Crippen molar-refractivity contribution >= 4 is 54.4 Å². The molecular formula is C33H26NO+. The Bertz CT molecular complexity index is 2190. The average molecular weight is 459 g/mol. The average Bonchev–Trinajstić information content (AvgIpc) is 3.30. The zero-order valence-electron chi connectivity index (χ0n) is 25.4. The lowest BCUT2D eigenvalue weighted by atomic mass is 9.90. The van der Waals surface area contributed by atoms with Gasteiger partial charge in [-0.3, -0.25) is 0 Å². The predicted molar refractivity (Wildman–Crippen MR) is 147 cm³/mol. The van der Waals surface area contributed by atoms with Crippen LogP contribution in [0.1, 0.15) is 24.9 Å². The predicted octanol–water partition coefficient (Wildman–Crippen LogP) is 8.46. The van der Waals surface area contributed by atoms with E-state index in [-0.39, 0.29) is 11.1 Å². The summed E-state index contributed by atoms with van der Waals surface area (Å²) in [7, 11) is 1.78. The molecule has 0 N–H and O–H groups in total. The van der Waals surface area contributed by atoms with Crippen LogP contribution in [0.3, 0.4) is 0 Å². The Morgan fingerprint density at radius 2 is 1.49 bits per heavy atom. The van der Waals surface area contributed by atoms with E-state index in [9.17, 15) is 0 Å². The van der Waals surface area contributed by atoms with Crippen molar-refractivity contribution in [3.63, 3.8) is 0 Å². The third-order valence-electron chi connectivity index (χ3n) is 7.23. The van der Waals surface area contributed by atoms with Gasteiger partial charge in [0.2, 0.25) is 5.52 Å². The van der Waals surface area contributed by atoms with Crippen LogP contribution in [0.25, 0.3) is 65.5 Å². The summed E-state index contributed by atoms with van der Waals surface area (Å²) in [4.78, 5) is 0. The maximum atomic E-state index is 8.57. The summed E-state index contributed by atoms with van der Waals surface area (Å²) < 4.78 is 58.9. The van der Waals surface area contributed by atoms with Crippen molar-refractivity contribution in [3.05, 3.63) is 102 Å². The third kappa shape index (κ3) is 2.74. The number of aromatic nitrogens is 1. The minimum Gasteiger partial charge on any atom is -0.455 e. The van der Waals surface area contributed by atoms with Gasteiger partial charge in [0.1, 0.15) is 18.2 Å². The number of furan rings is 1. The van der Waals surface area contributed by atoms with Crippen LogP contribution in [0.4, 0.5) is 0 Å². The van der Waals surface area contributed by atoms with Gasteiger partial charge >= 0.3 is 0 Å². The molecule has 7 rings (SSSR count). The fourth-order valence-electron chi connectivity index (χ4n) is 5.63. The molecule has 0 fully saturated rings. The Morgan fingerprint density at radius 1 is 0.686 bits per heavy atom. The van der Waals surface area contributed by atoms with Gasteiger partial charge < -0.3 is 4.42 Å². The molecule has 0 amide bonds. The smallest absolute Gasteiger partial charge is 0.221 e. The largest absolute Gasteiger partial charge is 0.455 e. The first-order valence-electron chi connectivity index (χ1n) is 14.7. The van der Waals surface area contributed by atoms with E-state index in [0.717, 1.165) is 43.6 Å². The molecule has 35 heavy (non-hydrogen) atoms. The maximum Gasteiger partial charge on any atom is 0.221 e. The monoisotopic (exact) mass is 458 g/mol. The Morgan fingerprint density at radius 3 is 2.31 bits per heavy atom. The molecule has 0 unspecified atom stereocenters. The van der Waals surface area contributed by atoms with Crippen LogP contribution in [0.15, 0.2) is 89.5 Å². The van der Waals surface area contributed by atoms with Crippen LogP contribution in [0.5, 0.6) is 0 Å². The highest BCUT2D eigenvalue weighted by molar-refractivity contribution is 6.32. The van der Waals surface area contributed by atoms with E-state index in [1.807, 2.05) is 79.7 Å². The van der Waals surface area contributed by atoms with Crippen molar-refractivity contribution < 1.29 is 17.2 Å². The summed E-state index contributed by atoms with van der Waals surface area (Å²) in [5, 5.41) is 5.42. The van der Waals surface area contributed by atoms with Gasteiger partial charge in [0.05, 0.1) is 10.8 Å². The summed E-state index contributed by atoms with van der Waals surface area (Å²) in [6, 6.07) is 26.1. The highest BCUT2D eigenvalue weighted by Crippen LogP contribution is 2.43. The minimum atomic E-state index is -2.69. The van der Waals surface area contributed by atoms with E-state index >= 15 is 0 Å². The zero-order valence-corrected chi connectivity index (χ0v) is 19.4. The number of nitrogens with zero attached hydrogens (tertiary/aromatic N) is 1. The molecule has 168 valence electrons. The Balaban J connectivity index is 1.77. The van der Waals surface area contributed by atoms with Crippen LogP contribution in [0, 0.1) is 20.6 Å². The minimum absolute atomic E-state index is 0.154. The summed E-state index contributed by atoms with van der Waals surface area (Å²) >= 11 is 0. The van der Waals surface area contributed by atoms with Gasteiger partial charge in [-0.2, -0.15) is 0 Å². The van der Waals surface area contributed by atoms with Gasteiger partial charge in [-0.1, -0.05) is 60.7 Å². The Labute approximate surface area is 212 Å². The first-order valence-corrected chi connectivity index (χ1v) is 11.7. The number of hydrogen-bond donors (Lipinski definition) is 0. The van der Waals surface area contributed by atoms with Crippen molar-refractivity contribution in [2.45, 2.75) is 20.6 Å². The molecule has 0 aliphatic carbocycles. The standard InChI is InChI=1S/C33H26NO/c1-19-9-8-12-25-26-15-16-27-24-14-13-23(22-10-6-5-7-11-22)17-28(24)35-33(27)31(26)30-21(3)20(2)18-34(4)32(30)29(19)25/h5-18H,1-4H3/q+1/i2D3,3D3. The molecule has 2 heterocycles. The van der Waals surface area contributed by atoms with Gasteiger partial charge in [-0.25, -0.2) is 4.57 Å². The fraction of sp³-hybridized carbons (Fsp3) is 0.121. The van der Waals surface area contributed by atoms with E-state index in [2.05, 4.69) is 6.07 Å². The van der Waals surface area contributed by atoms with Gasteiger partial charge in [-0.05, 0) is 71.9 Å². The van der Waals surface area contributed by atoms with E-state index in [1.54, 1.807) is 11.6 Å². The van der Waals surface area contributed by atoms with Crippen LogP contribution >= 0.6 is 0 Å². The van der Waals surface area contributed by atoms with Crippen molar-refractivity contribution in [2.24, 2.45) is 7.05 Å². The lowest BCUT2D eigenvalue weighted by Crippen LogP contribution is -2.30. The Kier molecular flexibility index (Phi) is 3.06. The molecule has 0 spiro atoms.